The van der Waals surface area contributed by atoms with Crippen molar-refractivity contribution < 1.29 is 19.1 Å². The lowest BCUT2D eigenvalue weighted by Gasteiger charge is -2.09. The molecule has 2 heterocycles. The van der Waals surface area contributed by atoms with Crippen LogP contribution in [-0.4, -0.2) is 35.6 Å². The van der Waals surface area contributed by atoms with E-state index in [1.807, 2.05) is 0 Å². The van der Waals surface area contributed by atoms with Crippen molar-refractivity contribution in [1.29, 1.82) is 0 Å². The number of aromatic nitrogens is 2. The Morgan fingerprint density at radius 2 is 2.50 bits per heavy atom. The average Bonchev–Trinajstić information content (AvgIpc) is 2.83. The predicted molar refractivity (Wildman–Crippen MR) is 51.8 cm³/mol. The highest BCUT2D eigenvalue weighted by atomic mass is 16.6. The fourth-order valence-electron chi connectivity index (χ4n) is 1.66. The smallest absolute Gasteiger partial charge is 0.407 e. The van der Waals surface area contributed by atoms with Crippen LogP contribution < -0.4 is 5.32 Å². The number of rotatable bonds is 2. The van der Waals surface area contributed by atoms with Crippen molar-refractivity contribution in [3.63, 3.8) is 0 Å². The van der Waals surface area contributed by atoms with Crippen LogP contribution in [0.3, 0.4) is 0 Å². The number of alkyl carbamates (subject to hydrolysis) is 1. The first-order chi connectivity index (χ1) is 7.63. The molecule has 7 heteroatoms. The van der Waals surface area contributed by atoms with Crippen molar-refractivity contribution in [2.24, 2.45) is 7.05 Å². The van der Waals surface area contributed by atoms with E-state index < -0.39 is 12.1 Å². The van der Waals surface area contributed by atoms with Crippen LogP contribution in [-0.2, 0) is 16.5 Å². The first-order valence-corrected chi connectivity index (χ1v) is 4.67. The van der Waals surface area contributed by atoms with Gasteiger partial charge in [0.05, 0.1) is 19.0 Å². The number of amides is 1. The lowest BCUT2D eigenvalue weighted by Crippen LogP contribution is -2.23. The van der Waals surface area contributed by atoms with Crippen LogP contribution in [0.1, 0.15) is 22.1 Å². The average molecular weight is 225 g/mol. The summed E-state index contributed by atoms with van der Waals surface area (Å²) in [4.78, 5) is 22.4. The number of carbonyl (C=O) groups is 2. The van der Waals surface area contributed by atoms with E-state index in [1.54, 1.807) is 7.05 Å². The summed E-state index contributed by atoms with van der Waals surface area (Å²) in [5, 5.41) is 6.55. The van der Waals surface area contributed by atoms with Crippen LogP contribution in [0, 0.1) is 0 Å². The summed E-state index contributed by atoms with van der Waals surface area (Å²) < 4.78 is 10.9. The number of nitrogens with one attached hydrogen (secondary N) is 1. The van der Waals surface area contributed by atoms with E-state index in [4.69, 9.17) is 4.74 Å². The first-order valence-electron chi connectivity index (χ1n) is 4.67. The Morgan fingerprint density at radius 3 is 3.06 bits per heavy atom. The Kier molecular flexibility index (Phi) is 2.51. The molecule has 0 bridgehead atoms. The molecule has 0 aliphatic carbocycles. The first kappa shape index (κ1) is 10.5. The van der Waals surface area contributed by atoms with E-state index in [-0.39, 0.29) is 12.6 Å². The maximum absolute atomic E-state index is 11.5. The van der Waals surface area contributed by atoms with Gasteiger partial charge < -0.3 is 14.8 Å². The zero-order valence-electron chi connectivity index (χ0n) is 8.89. The molecule has 1 amide bonds. The number of nitrogens with zero attached hydrogens (tertiary/aromatic N) is 2. The molecule has 1 saturated heterocycles. The highest BCUT2D eigenvalue weighted by Crippen LogP contribution is 2.21. The van der Waals surface area contributed by atoms with Crippen LogP contribution in [0.25, 0.3) is 0 Å². The van der Waals surface area contributed by atoms with Crippen LogP contribution in [0.15, 0.2) is 6.20 Å². The zero-order chi connectivity index (χ0) is 11.7. The van der Waals surface area contributed by atoms with E-state index in [2.05, 4.69) is 15.2 Å². The standard InChI is InChI=1S/C9H11N3O4/c1-12-7(6-4-16-9(14)11-6)5(3-10-12)8(13)15-2/h3,6H,4H2,1-2H3,(H,11,14). The maximum atomic E-state index is 11.5. The Morgan fingerprint density at radius 1 is 1.75 bits per heavy atom. The minimum Gasteiger partial charge on any atom is -0.465 e. The Hall–Kier alpha value is -2.05. The number of hydrogen-bond acceptors (Lipinski definition) is 5. The summed E-state index contributed by atoms with van der Waals surface area (Å²) >= 11 is 0. The molecule has 86 valence electrons. The highest BCUT2D eigenvalue weighted by molar-refractivity contribution is 5.90. The fourth-order valence-corrected chi connectivity index (χ4v) is 1.66. The van der Waals surface area contributed by atoms with Gasteiger partial charge >= 0.3 is 12.1 Å². The number of esters is 1. The molecule has 1 unspecified atom stereocenters. The normalized spacial score (nSPS) is 19.1. The maximum Gasteiger partial charge on any atom is 0.407 e. The number of ether oxygens (including phenoxy) is 2. The number of cyclic esters (lactones) is 1. The predicted octanol–water partition coefficient (Wildman–Crippen LogP) is -0.0124. The van der Waals surface area contributed by atoms with Crippen LogP contribution in [0.4, 0.5) is 4.79 Å². The van der Waals surface area contributed by atoms with Gasteiger partial charge in [-0.25, -0.2) is 9.59 Å². The quantitative estimate of drug-likeness (QED) is 0.715. The monoisotopic (exact) mass is 225 g/mol. The SMILES string of the molecule is COC(=O)c1cnn(C)c1C1COC(=O)N1. The molecule has 0 saturated carbocycles. The second-order valence-electron chi connectivity index (χ2n) is 3.35. The van der Waals surface area contributed by atoms with E-state index in [1.165, 1.54) is 18.0 Å². The largest absolute Gasteiger partial charge is 0.465 e. The van der Waals surface area contributed by atoms with Crippen molar-refractivity contribution in [1.82, 2.24) is 15.1 Å². The topological polar surface area (TPSA) is 82.4 Å². The molecule has 16 heavy (non-hydrogen) atoms. The van der Waals surface area contributed by atoms with Gasteiger partial charge in [0.25, 0.3) is 0 Å². The van der Waals surface area contributed by atoms with Gasteiger partial charge in [-0.1, -0.05) is 0 Å². The Balaban J connectivity index is 2.35. The van der Waals surface area contributed by atoms with Gasteiger partial charge in [-0.15, -0.1) is 0 Å². The number of aryl methyl sites for hydroxylation is 1. The molecule has 0 radical (unpaired) electrons. The summed E-state index contributed by atoms with van der Waals surface area (Å²) in [6.45, 7) is 0.183. The van der Waals surface area contributed by atoms with E-state index in [9.17, 15) is 9.59 Å². The molecule has 1 N–H and O–H groups in total. The fraction of sp³-hybridized carbons (Fsp3) is 0.444. The molecule has 1 aromatic heterocycles. The van der Waals surface area contributed by atoms with Gasteiger partial charge in [-0.3, -0.25) is 4.68 Å². The molecule has 2 rings (SSSR count). The number of carbonyl (C=O) groups excluding carboxylic acids is 2. The van der Waals surface area contributed by atoms with E-state index in [0.717, 1.165) is 0 Å². The number of methoxy groups -OCH3 is 1. The lowest BCUT2D eigenvalue weighted by atomic mass is 10.1. The minimum atomic E-state index is -0.498. The van der Waals surface area contributed by atoms with Gasteiger partial charge in [0.2, 0.25) is 0 Å². The second-order valence-corrected chi connectivity index (χ2v) is 3.35. The van der Waals surface area contributed by atoms with E-state index >= 15 is 0 Å². The Bertz CT molecular complexity index is 440. The molecule has 1 aromatic rings. The molecule has 7 nitrogen and oxygen atoms in total. The summed E-state index contributed by atoms with van der Waals surface area (Å²) in [5.41, 5.74) is 0.915. The third-order valence-electron chi connectivity index (χ3n) is 2.39. The van der Waals surface area contributed by atoms with Crippen LogP contribution >= 0.6 is 0 Å². The third-order valence-corrected chi connectivity index (χ3v) is 2.39. The van der Waals surface area contributed by atoms with Crippen molar-refractivity contribution in [3.8, 4) is 0 Å². The molecule has 1 aliphatic rings. The molecule has 1 aliphatic heterocycles. The van der Waals surface area contributed by atoms with Crippen LogP contribution in [0.2, 0.25) is 0 Å². The van der Waals surface area contributed by atoms with Gasteiger partial charge in [0.15, 0.2) is 0 Å². The van der Waals surface area contributed by atoms with Crippen molar-refractivity contribution in [3.05, 3.63) is 17.5 Å². The summed E-state index contributed by atoms with van der Waals surface area (Å²) in [5.74, 6) is -0.482. The third kappa shape index (κ3) is 1.60. The molecule has 0 aromatic carbocycles. The van der Waals surface area contributed by atoms with Crippen molar-refractivity contribution in [2.45, 2.75) is 6.04 Å². The number of hydrogen-bond donors (Lipinski definition) is 1. The molecular formula is C9H11N3O4. The molecule has 1 atom stereocenters. The highest BCUT2D eigenvalue weighted by Gasteiger charge is 2.31. The summed E-state index contributed by atoms with van der Waals surface area (Å²) in [7, 11) is 2.98. The van der Waals surface area contributed by atoms with Crippen molar-refractivity contribution >= 4 is 12.1 Å². The summed E-state index contributed by atoms with van der Waals surface area (Å²) in [6.07, 6.45) is 0.910. The van der Waals surface area contributed by atoms with Crippen molar-refractivity contribution in [2.75, 3.05) is 13.7 Å². The molecular weight excluding hydrogens is 214 g/mol. The van der Waals surface area contributed by atoms with Gasteiger partial charge in [0, 0.05) is 7.05 Å². The zero-order valence-corrected chi connectivity index (χ0v) is 8.89. The molecule has 1 fully saturated rings. The lowest BCUT2D eigenvalue weighted by molar-refractivity contribution is 0.0598. The van der Waals surface area contributed by atoms with Gasteiger partial charge in [0.1, 0.15) is 18.2 Å². The Labute approximate surface area is 91.3 Å². The van der Waals surface area contributed by atoms with E-state index in [0.29, 0.717) is 11.3 Å². The summed E-state index contributed by atoms with van der Waals surface area (Å²) in [6, 6.07) is -0.367. The van der Waals surface area contributed by atoms with Gasteiger partial charge in [-0.2, -0.15) is 5.10 Å². The van der Waals surface area contributed by atoms with Crippen LogP contribution in [0.5, 0.6) is 0 Å². The molecule has 0 spiro atoms. The van der Waals surface area contributed by atoms with Gasteiger partial charge in [-0.05, 0) is 0 Å². The second kappa shape index (κ2) is 3.84. The minimum absolute atomic E-state index is 0.183.